The van der Waals surface area contributed by atoms with E-state index in [4.69, 9.17) is 4.74 Å². The molecule has 0 saturated carbocycles. The Bertz CT molecular complexity index is 758. The minimum atomic E-state index is 0.343. The third-order valence-corrected chi connectivity index (χ3v) is 5.14. The van der Waals surface area contributed by atoms with Crippen molar-refractivity contribution in [1.29, 1.82) is 0 Å². The van der Waals surface area contributed by atoms with Crippen LogP contribution in [0.25, 0.3) is 0 Å². The zero-order chi connectivity index (χ0) is 20.3. The van der Waals surface area contributed by atoms with Crippen LogP contribution < -0.4 is 10.2 Å². The fraction of sp³-hybridized carbons (Fsp3) is 0.435. The van der Waals surface area contributed by atoms with Gasteiger partial charge in [0.15, 0.2) is 5.96 Å². The Balaban J connectivity index is 1.31. The van der Waals surface area contributed by atoms with Crippen molar-refractivity contribution in [3.8, 4) is 5.75 Å². The minimum Gasteiger partial charge on any atom is -0.506 e. The van der Waals surface area contributed by atoms with Gasteiger partial charge < -0.3 is 25.0 Å². The van der Waals surface area contributed by atoms with E-state index < -0.39 is 0 Å². The van der Waals surface area contributed by atoms with Gasteiger partial charge in [0.2, 0.25) is 0 Å². The van der Waals surface area contributed by atoms with Gasteiger partial charge in [0, 0.05) is 46.4 Å². The van der Waals surface area contributed by atoms with Crippen molar-refractivity contribution in [1.82, 2.24) is 10.2 Å². The van der Waals surface area contributed by atoms with E-state index in [1.54, 1.807) is 6.07 Å². The number of aromatic hydroxyl groups is 1. The number of hydrogen-bond donors (Lipinski definition) is 2. The number of nitrogens with zero attached hydrogens (tertiary/aromatic N) is 3. The number of phenolic OH excluding ortho intramolecular Hbond substituents is 1. The summed E-state index contributed by atoms with van der Waals surface area (Å²) in [6.45, 7) is 5.83. The molecule has 1 aliphatic heterocycles. The molecule has 0 amide bonds. The van der Waals surface area contributed by atoms with Gasteiger partial charge in [-0.1, -0.05) is 42.5 Å². The number of nitrogens with one attached hydrogen (secondary N) is 1. The first kappa shape index (κ1) is 21.0. The van der Waals surface area contributed by atoms with E-state index in [0.717, 1.165) is 70.4 Å². The van der Waals surface area contributed by atoms with Crippen LogP contribution in [0.2, 0.25) is 0 Å². The molecular weight excluding hydrogens is 364 g/mol. The fourth-order valence-corrected chi connectivity index (χ4v) is 3.53. The summed E-state index contributed by atoms with van der Waals surface area (Å²) in [6.07, 6.45) is 1.91. The SMILES string of the molecule is CN=C(NCCCOCCc1ccccc1)N1CCN(c2ccccc2O)CC1. The van der Waals surface area contributed by atoms with E-state index in [0.29, 0.717) is 5.75 Å². The largest absolute Gasteiger partial charge is 0.506 e. The van der Waals surface area contributed by atoms with Crippen LogP contribution in [-0.4, -0.2) is 69.0 Å². The number of benzene rings is 2. The summed E-state index contributed by atoms with van der Waals surface area (Å²) >= 11 is 0. The highest BCUT2D eigenvalue weighted by Gasteiger charge is 2.21. The van der Waals surface area contributed by atoms with Gasteiger partial charge in [0.1, 0.15) is 5.75 Å². The second-order valence-electron chi connectivity index (χ2n) is 7.14. The number of para-hydroxylation sites is 2. The number of guanidine groups is 1. The molecular formula is C23H32N4O2. The molecule has 0 aromatic heterocycles. The molecule has 1 saturated heterocycles. The lowest BCUT2D eigenvalue weighted by Gasteiger charge is -2.37. The first-order valence-electron chi connectivity index (χ1n) is 10.4. The highest BCUT2D eigenvalue weighted by Crippen LogP contribution is 2.27. The number of phenols is 1. The first-order chi connectivity index (χ1) is 14.3. The van der Waals surface area contributed by atoms with E-state index in [2.05, 4.69) is 44.4 Å². The molecule has 0 bridgehead atoms. The summed E-state index contributed by atoms with van der Waals surface area (Å²) in [5.41, 5.74) is 2.22. The predicted molar refractivity (Wildman–Crippen MR) is 119 cm³/mol. The number of anilines is 1. The van der Waals surface area contributed by atoms with Gasteiger partial charge in [-0.25, -0.2) is 0 Å². The molecule has 0 spiro atoms. The molecule has 1 aliphatic rings. The number of piperazine rings is 1. The topological polar surface area (TPSA) is 60.3 Å². The van der Waals surface area contributed by atoms with Gasteiger partial charge in [-0.05, 0) is 30.5 Å². The van der Waals surface area contributed by atoms with Gasteiger partial charge >= 0.3 is 0 Å². The molecule has 0 atom stereocenters. The maximum atomic E-state index is 10.1. The second-order valence-corrected chi connectivity index (χ2v) is 7.14. The van der Waals surface area contributed by atoms with E-state index in [1.165, 1.54) is 5.56 Å². The zero-order valence-corrected chi connectivity index (χ0v) is 17.3. The molecule has 0 aliphatic carbocycles. The van der Waals surface area contributed by atoms with Crippen LogP contribution in [0.1, 0.15) is 12.0 Å². The number of ether oxygens (including phenoxy) is 1. The molecule has 0 unspecified atom stereocenters. The lowest BCUT2D eigenvalue weighted by Crippen LogP contribution is -2.52. The number of hydrogen-bond acceptors (Lipinski definition) is 4. The Kier molecular flexibility index (Phi) is 8.19. The smallest absolute Gasteiger partial charge is 0.193 e. The molecule has 6 heteroatoms. The normalized spacial score (nSPS) is 14.9. The first-order valence-corrected chi connectivity index (χ1v) is 10.4. The second kappa shape index (κ2) is 11.3. The number of aliphatic imine (C=N–C) groups is 1. The zero-order valence-electron chi connectivity index (χ0n) is 17.3. The molecule has 2 aromatic rings. The van der Waals surface area contributed by atoms with Gasteiger partial charge in [-0.2, -0.15) is 0 Å². The van der Waals surface area contributed by atoms with Crippen molar-refractivity contribution < 1.29 is 9.84 Å². The van der Waals surface area contributed by atoms with Crippen LogP contribution in [0.15, 0.2) is 59.6 Å². The summed E-state index contributed by atoms with van der Waals surface area (Å²) < 4.78 is 5.75. The Morgan fingerprint density at radius 3 is 2.45 bits per heavy atom. The molecule has 2 aromatic carbocycles. The molecule has 3 rings (SSSR count). The summed E-state index contributed by atoms with van der Waals surface area (Å²) in [6, 6.07) is 18.0. The maximum Gasteiger partial charge on any atom is 0.193 e. The summed E-state index contributed by atoms with van der Waals surface area (Å²) in [7, 11) is 1.83. The summed E-state index contributed by atoms with van der Waals surface area (Å²) in [5, 5.41) is 13.5. The van der Waals surface area contributed by atoms with Gasteiger partial charge in [0.05, 0.1) is 12.3 Å². The third kappa shape index (κ3) is 6.39. The molecule has 156 valence electrons. The fourth-order valence-electron chi connectivity index (χ4n) is 3.53. The predicted octanol–water partition coefficient (Wildman–Crippen LogP) is 2.74. The van der Waals surface area contributed by atoms with Crippen LogP contribution >= 0.6 is 0 Å². The molecule has 6 nitrogen and oxygen atoms in total. The van der Waals surface area contributed by atoms with Gasteiger partial charge in [-0.15, -0.1) is 0 Å². The molecule has 2 N–H and O–H groups in total. The summed E-state index contributed by atoms with van der Waals surface area (Å²) in [4.78, 5) is 8.92. The standard InChI is InChI=1S/C23H32N4O2/c1-24-23(25-13-7-18-29-19-12-20-8-3-2-4-9-20)27-16-14-26(15-17-27)21-10-5-6-11-22(21)28/h2-6,8-11,28H,7,12-19H2,1H3,(H,24,25). The lowest BCUT2D eigenvalue weighted by atomic mass is 10.2. The van der Waals surface area contributed by atoms with Crippen LogP contribution in [0.4, 0.5) is 5.69 Å². The quantitative estimate of drug-likeness (QED) is 0.408. The van der Waals surface area contributed by atoms with E-state index in [-0.39, 0.29) is 0 Å². The molecule has 1 fully saturated rings. The molecule has 0 radical (unpaired) electrons. The highest BCUT2D eigenvalue weighted by molar-refractivity contribution is 5.80. The average molecular weight is 397 g/mol. The Hall–Kier alpha value is -2.73. The number of rotatable bonds is 8. The molecule has 1 heterocycles. The van der Waals surface area contributed by atoms with Crippen molar-refractivity contribution in [3.05, 3.63) is 60.2 Å². The molecule has 29 heavy (non-hydrogen) atoms. The van der Waals surface area contributed by atoms with Crippen LogP contribution in [0.3, 0.4) is 0 Å². The lowest BCUT2D eigenvalue weighted by molar-refractivity contribution is 0.135. The van der Waals surface area contributed by atoms with Crippen molar-refractivity contribution in [2.24, 2.45) is 4.99 Å². The maximum absolute atomic E-state index is 10.1. The van der Waals surface area contributed by atoms with Crippen molar-refractivity contribution in [2.45, 2.75) is 12.8 Å². The Labute approximate surface area is 173 Å². The Morgan fingerprint density at radius 1 is 1.00 bits per heavy atom. The van der Waals surface area contributed by atoms with Crippen LogP contribution in [0.5, 0.6) is 5.75 Å². The van der Waals surface area contributed by atoms with Crippen LogP contribution in [0, 0.1) is 0 Å². The van der Waals surface area contributed by atoms with E-state index in [9.17, 15) is 5.11 Å². The monoisotopic (exact) mass is 396 g/mol. The minimum absolute atomic E-state index is 0.343. The van der Waals surface area contributed by atoms with E-state index >= 15 is 0 Å². The van der Waals surface area contributed by atoms with Gasteiger partial charge in [0.25, 0.3) is 0 Å². The van der Waals surface area contributed by atoms with Crippen molar-refractivity contribution in [3.63, 3.8) is 0 Å². The third-order valence-electron chi connectivity index (χ3n) is 5.14. The van der Waals surface area contributed by atoms with Crippen molar-refractivity contribution in [2.75, 3.05) is 57.9 Å². The highest BCUT2D eigenvalue weighted by atomic mass is 16.5. The Morgan fingerprint density at radius 2 is 1.72 bits per heavy atom. The average Bonchev–Trinajstić information content (AvgIpc) is 2.77. The van der Waals surface area contributed by atoms with Gasteiger partial charge in [-0.3, -0.25) is 4.99 Å². The summed E-state index contributed by atoms with van der Waals surface area (Å²) in [5.74, 6) is 1.28. The van der Waals surface area contributed by atoms with E-state index in [1.807, 2.05) is 31.3 Å². The van der Waals surface area contributed by atoms with Crippen LogP contribution in [-0.2, 0) is 11.2 Å². The van der Waals surface area contributed by atoms with Crippen molar-refractivity contribution >= 4 is 11.6 Å².